The van der Waals surface area contributed by atoms with E-state index < -0.39 is 9.84 Å². The lowest BCUT2D eigenvalue weighted by Gasteiger charge is -2.22. The molecule has 5 nitrogen and oxygen atoms in total. The predicted molar refractivity (Wildman–Crippen MR) is 66.6 cm³/mol. The third-order valence-electron chi connectivity index (χ3n) is 3.04. The Morgan fingerprint density at radius 1 is 1.56 bits per heavy atom. The number of piperidine rings is 1. The zero-order chi connectivity index (χ0) is 13.0. The van der Waals surface area contributed by atoms with E-state index in [0.29, 0.717) is 5.56 Å². The van der Waals surface area contributed by atoms with Gasteiger partial charge in [0.05, 0.1) is 17.4 Å². The van der Waals surface area contributed by atoms with Gasteiger partial charge in [0.25, 0.3) is 0 Å². The minimum absolute atomic E-state index is 0.00660. The van der Waals surface area contributed by atoms with Crippen molar-refractivity contribution in [3.05, 3.63) is 23.9 Å². The Kier molecular flexibility index (Phi) is 3.94. The summed E-state index contributed by atoms with van der Waals surface area (Å²) in [4.78, 5) is 3.87. The Morgan fingerprint density at radius 2 is 2.39 bits per heavy atom. The molecule has 1 aromatic rings. The molecule has 1 fully saturated rings. The Balaban J connectivity index is 2.17. The van der Waals surface area contributed by atoms with Crippen molar-refractivity contribution in [2.75, 3.05) is 18.8 Å². The molecule has 18 heavy (non-hydrogen) atoms. The van der Waals surface area contributed by atoms with Crippen LogP contribution in [0.1, 0.15) is 18.4 Å². The van der Waals surface area contributed by atoms with Crippen molar-refractivity contribution in [1.82, 2.24) is 10.3 Å². The topological polar surface area (TPSA) is 82.8 Å². The van der Waals surface area contributed by atoms with Gasteiger partial charge in [0.1, 0.15) is 0 Å². The molecule has 1 aliphatic rings. The standard InChI is InChI=1S/C12H15N3O2S/c13-7-10-3-5-15-12(6-10)18(16,17)9-11-2-1-4-14-8-11/h3,5-6,11,14H,1-2,4,8-9H2. The number of nitrogens with zero attached hydrogens (tertiary/aromatic N) is 2. The molecule has 0 aliphatic carbocycles. The molecule has 2 rings (SSSR count). The SMILES string of the molecule is N#Cc1ccnc(S(=O)(=O)CC2CCCNC2)c1. The molecule has 1 N–H and O–H groups in total. The quantitative estimate of drug-likeness (QED) is 0.871. The van der Waals surface area contributed by atoms with Crippen LogP contribution in [0.4, 0.5) is 0 Å². The summed E-state index contributed by atoms with van der Waals surface area (Å²) in [6, 6.07) is 4.77. The zero-order valence-electron chi connectivity index (χ0n) is 9.96. The number of sulfone groups is 1. The van der Waals surface area contributed by atoms with E-state index in [0.717, 1.165) is 25.9 Å². The molecule has 1 aliphatic heterocycles. The maximum atomic E-state index is 12.2. The van der Waals surface area contributed by atoms with Crippen LogP contribution >= 0.6 is 0 Å². The first kappa shape index (κ1) is 13.0. The lowest BCUT2D eigenvalue weighted by atomic mass is 10.0. The largest absolute Gasteiger partial charge is 0.316 e. The fourth-order valence-corrected chi connectivity index (χ4v) is 3.71. The van der Waals surface area contributed by atoms with E-state index >= 15 is 0 Å². The summed E-state index contributed by atoms with van der Waals surface area (Å²) in [7, 11) is -3.39. The Hall–Kier alpha value is -1.45. The first-order valence-electron chi connectivity index (χ1n) is 5.91. The normalized spacial score (nSPS) is 20.3. The Labute approximate surface area is 107 Å². The van der Waals surface area contributed by atoms with Crippen LogP contribution in [0, 0.1) is 17.2 Å². The molecule has 0 amide bonds. The van der Waals surface area contributed by atoms with Gasteiger partial charge in [-0.05, 0) is 44.0 Å². The maximum Gasteiger partial charge on any atom is 0.195 e. The molecule has 0 radical (unpaired) electrons. The van der Waals surface area contributed by atoms with Gasteiger partial charge in [-0.1, -0.05) is 0 Å². The van der Waals surface area contributed by atoms with Crippen LogP contribution in [0.5, 0.6) is 0 Å². The fraction of sp³-hybridized carbons (Fsp3) is 0.500. The fourth-order valence-electron chi connectivity index (χ4n) is 2.11. The van der Waals surface area contributed by atoms with Crippen LogP contribution in [-0.2, 0) is 9.84 Å². The number of aromatic nitrogens is 1. The second kappa shape index (κ2) is 5.46. The monoisotopic (exact) mass is 265 g/mol. The molecule has 0 aromatic carbocycles. The smallest absolute Gasteiger partial charge is 0.195 e. The molecule has 1 saturated heterocycles. The highest BCUT2D eigenvalue weighted by Gasteiger charge is 2.24. The summed E-state index contributed by atoms with van der Waals surface area (Å²) < 4.78 is 24.3. The number of rotatable bonds is 3. The number of hydrogen-bond donors (Lipinski definition) is 1. The summed E-state index contributed by atoms with van der Waals surface area (Å²) in [5.74, 6) is 0.235. The third-order valence-corrected chi connectivity index (χ3v) is 4.81. The second-order valence-corrected chi connectivity index (χ2v) is 6.47. The highest BCUT2D eigenvalue weighted by molar-refractivity contribution is 7.91. The van der Waals surface area contributed by atoms with Gasteiger partial charge in [0.15, 0.2) is 14.9 Å². The van der Waals surface area contributed by atoms with E-state index in [-0.39, 0.29) is 16.7 Å². The summed E-state index contributed by atoms with van der Waals surface area (Å²) in [5.41, 5.74) is 0.324. The van der Waals surface area contributed by atoms with Gasteiger partial charge in [-0.3, -0.25) is 0 Å². The minimum Gasteiger partial charge on any atom is -0.316 e. The van der Waals surface area contributed by atoms with Crippen LogP contribution in [0.2, 0.25) is 0 Å². The van der Waals surface area contributed by atoms with Crippen LogP contribution in [0.25, 0.3) is 0 Å². The van der Waals surface area contributed by atoms with E-state index in [9.17, 15) is 8.42 Å². The van der Waals surface area contributed by atoms with E-state index in [1.54, 1.807) is 0 Å². The van der Waals surface area contributed by atoms with Crippen molar-refractivity contribution in [3.63, 3.8) is 0 Å². The maximum absolute atomic E-state index is 12.2. The van der Waals surface area contributed by atoms with Gasteiger partial charge in [0.2, 0.25) is 0 Å². The summed E-state index contributed by atoms with van der Waals surface area (Å²) in [5, 5.41) is 12.0. The van der Waals surface area contributed by atoms with Gasteiger partial charge < -0.3 is 5.32 Å². The van der Waals surface area contributed by atoms with Crippen molar-refractivity contribution in [3.8, 4) is 6.07 Å². The van der Waals surface area contributed by atoms with E-state index in [2.05, 4.69) is 10.3 Å². The molecule has 1 aromatic heterocycles. The average Bonchev–Trinajstić information content (AvgIpc) is 2.39. The summed E-state index contributed by atoms with van der Waals surface area (Å²) in [6.45, 7) is 1.69. The summed E-state index contributed by atoms with van der Waals surface area (Å²) >= 11 is 0. The first-order valence-corrected chi connectivity index (χ1v) is 7.57. The molecular weight excluding hydrogens is 250 g/mol. The molecule has 0 bridgehead atoms. The van der Waals surface area contributed by atoms with Gasteiger partial charge >= 0.3 is 0 Å². The van der Waals surface area contributed by atoms with Crippen molar-refractivity contribution in [1.29, 1.82) is 5.26 Å². The number of hydrogen-bond acceptors (Lipinski definition) is 5. The van der Waals surface area contributed by atoms with Crippen LogP contribution in [0.3, 0.4) is 0 Å². The molecular formula is C12H15N3O2S. The van der Waals surface area contributed by atoms with Crippen LogP contribution in [-0.4, -0.2) is 32.2 Å². The molecule has 6 heteroatoms. The highest BCUT2D eigenvalue weighted by atomic mass is 32.2. The van der Waals surface area contributed by atoms with Gasteiger partial charge in [-0.25, -0.2) is 13.4 Å². The van der Waals surface area contributed by atoms with E-state index in [1.165, 1.54) is 18.3 Å². The van der Waals surface area contributed by atoms with E-state index in [4.69, 9.17) is 5.26 Å². The Bertz CT molecular complexity index is 557. The first-order chi connectivity index (χ1) is 8.62. The lowest BCUT2D eigenvalue weighted by Crippen LogP contribution is -2.34. The number of nitrogens with one attached hydrogen (secondary N) is 1. The second-order valence-electron chi connectivity index (χ2n) is 4.49. The van der Waals surface area contributed by atoms with Gasteiger partial charge in [-0.15, -0.1) is 0 Å². The summed E-state index contributed by atoms with van der Waals surface area (Å²) in [6.07, 6.45) is 3.29. The number of pyridine rings is 1. The van der Waals surface area contributed by atoms with E-state index in [1.807, 2.05) is 6.07 Å². The average molecular weight is 265 g/mol. The molecule has 1 atom stereocenters. The zero-order valence-corrected chi connectivity index (χ0v) is 10.8. The molecule has 0 saturated carbocycles. The number of nitriles is 1. The van der Waals surface area contributed by atoms with Crippen molar-refractivity contribution < 1.29 is 8.42 Å². The Morgan fingerprint density at radius 3 is 3.06 bits per heavy atom. The molecule has 2 heterocycles. The third kappa shape index (κ3) is 3.06. The van der Waals surface area contributed by atoms with Crippen molar-refractivity contribution in [2.24, 2.45) is 5.92 Å². The molecule has 96 valence electrons. The van der Waals surface area contributed by atoms with Gasteiger partial charge in [-0.2, -0.15) is 5.26 Å². The van der Waals surface area contributed by atoms with Crippen molar-refractivity contribution in [2.45, 2.75) is 17.9 Å². The van der Waals surface area contributed by atoms with Crippen LogP contribution in [0.15, 0.2) is 23.4 Å². The highest BCUT2D eigenvalue weighted by Crippen LogP contribution is 2.17. The van der Waals surface area contributed by atoms with Gasteiger partial charge in [0, 0.05) is 6.20 Å². The van der Waals surface area contributed by atoms with Crippen molar-refractivity contribution >= 4 is 9.84 Å². The molecule has 0 spiro atoms. The molecule has 1 unspecified atom stereocenters. The minimum atomic E-state index is -3.39. The lowest BCUT2D eigenvalue weighted by molar-refractivity contribution is 0.403. The predicted octanol–water partition coefficient (Wildman–Crippen LogP) is 0.727. The van der Waals surface area contributed by atoms with Crippen LogP contribution < -0.4 is 5.32 Å².